The van der Waals surface area contributed by atoms with Crippen LogP contribution in [0.5, 0.6) is 17.2 Å². The highest BCUT2D eigenvalue weighted by Gasteiger charge is 2.35. The molecule has 0 aromatic heterocycles. The van der Waals surface area contributed by atoms with E-state index >= 15 is 0 Å². The highest BCUT2D eigenvalue weighted by Crippen LogP contribution is 2.51. The molecule has 1 heterocycles. The average Bonchev–Trinajstić information content (AvgIpc) is 2.58. The highest BCUT2D eigenvalue weighted by atomic mass is 127. The molecule has 0 amide bonds. The highest BCUT2D eigenvalue weighted by molar-refractivity contribution is 14.1. The second-order valence-corrected chi connectivity index (χ2v) is 6.99. The van der Waals surface area contributed by atoms with Crippen molar-refractivity contribution in [3.8, 4) is 28.4 Å². The summed E-state index contributed by atoms with van der Waals surface area (Å²) in [6.45, 7) is 4.25. The number of phenols is 2. The second-order valence-electron chi connectivity index (χ2n) is 6.36. The van der Waals surface area contributed by atoms with Gasteiger partial charge in [0.1, 0.15) is 10.4 Å². The first-order valence-electron chi connectivity index (χ1n) is 8.27. The van der Waals surface area contributed by atoms with Crippen LogP contribution in [0.25, 0.3) is 11.1 Å². The Labute approximate surface area is 155 Å². The van der Waals surface area contributed by atoms with Gasteiger partial charge >= 0.3 is 0 Å². The van der Waals surface area contributed by atoms with Crippen LogP contribution in [0.1, 0.15) is 29.7 Å². The van der Waals surface area contributed by atoms with Gasteiger partial charge in [-0.1, -0.05) is 13.0 Å². The SMILES string of the molecule is CCN1CCc2cc(OCI)cc3c2[C@H]1Cc1ccc(O)c(O)c1-3. The molecule has 4 rings (SSSR count). The second kappa shape index (κ2) is 6.11. The average molecular weight is 437 g/mol. The van der Waals surface area contributed by atoms with Crippen molar-refractivity contribution >= 4 is 22.6 Å². The molecule has 1 aliphatic heterocycles. The largest absolute Gasteiger partial charge is 0.504 e. The number of fused-ring (bicyclic) bond motifs is 2. The van der Waals surface area contributed by atoms with Crippen molar-refractivity contribution in [1.29, 1.82) is 0 Å². The van der Waals surface area contributed by atoms with E-state index in [9.17, 15) is 10.2 Å². The first-order valence-corrected chi connectivity index (χ1v) is 9.80. The van der Waals surface area contributed by atoms with Gasteiger partial charge in [0.2, 0.25) is 0 Å². The topological polar surface area (TPSA) is 52.9 Å². The van der Waals surface area contributed by atoms with E-state index in [1.807, 2.05) is 12.1 Å². The van der Waals surface area contributed by atoms with Gasteiger partial charge in [-0.05, 0) is 82.4 Å². The number of nitrogens with zero attached hydrogens (tertiary/aromatic N) is 1. The lowest BCUT2D eigenvalue weighted by Gasteiger charge is -2.41. The molecule has 0 saturated heterocycles. The third-order valence-corrected chi connectivity index (χ3v) is 5.55. The zero-order valence-corrected chi connectivity index (χ0v) is 15.7. The molecule has 2 aromatic carbocycles. The summed E-state index contributed by atoms with van der Waals surface area (Å²) in [4.78, 5) is 2.50. The van der Waals surface area contributed by atoms with Crippen molar-refractivity contribution < 1.29 is 14.9 Å². The van der Waals surface area contributed by atoms with E-state index in [4.69, 9.17) is 4.74 Å². The van der Waals surface area contributed by atoms with Gasteiger partial charge in [-0.15, -0.1) is 0 Å². The molecule has 1 atom stereocenters. The Bertz CT molecular complexity index is 806. The number of rotatable bonds is 3. The fraction of sp³-hybridized carbons (Fsp3) is 0.368. The lowest BCUT2D eigenvalue weighted by atomic mass is 9.76. The number of ether oxygens (including phenoxy) is 1. The molecule has 5 heteroatoms. The van der Waals surface area contributed by atoms with Crippen LogP contribution in [0.2, 0.25) is 0 Å². The first kappa shape index (κ1) is 16.0. The lowest BCUT2D eigenvalue weighted by molar-refractivity contribution is 0.192. The van der Waals surface area contributed by atoms with Crippen LogP contribution >= 0.6 is 22.6 Å². The van der Waals surface area contributed by atoms with Crippen LogP contribution in [0.3, 0.4) is 0 Å². The summed E-state index contributed by atoms with van der Waals surface area (Å²) in [6, 6.07) is 8.01. The summed E-state index contributed by atoms with van der Waals surface area (Å²) < 4.78 is 6.32. The Kier molecular flexibility index (Phi) is 4.08. The molecule has 0 radical (unpaired) electrons. The first-order chi connectivity index (χ1) is 11.6. The van der Waals surface area contributed by atoms with E-state index < -0.39 is 0 Å². The van der Waals surface area contributed by atoms with Crippen molar-refractivity contribution in [2.24, 2.45) is 0 Å². The molecule has 2 aliphatic rings. The van der Waals surface area contributed by atoms with E-state index in [0.29, 0.717) is 10.7 Å². The third-order valence-electron chi connectivity index (χ3n) is 5.23. The fourth-order valence-corrected chi connectivity index (χ4v) is 4.51. The van der Waals surface area contributed by atoms with E-state index in [1.165, 1.54) is 11.1 Å². The van der Waals surface area contributed by atoms with Gasteiger partial charge in [0.05, 0.1) is 0 Å². The number of alkyl halides is 1. The minimum atomic E-state index is -0.0654. The van der Waals surface area contributed by atoms with Gasteiger partial charge < -0.3 is 14.9 Å². The van der Waals surface area contributed by atoms with Crippen molar-refractivity contribution in [2.75, 3.05) is 17.7 Å². The summed E-state index contributed by atoms with van der Waals surface area (Å²) >= 11 is 2.19. The molecule has 126 valence electrons. The third kappa shape index (κ3) is 2.37. The fourth-order valence-electron chi connectivity index (χ4n) is 4.15. The van der Waals surface area contributed by atoms with E-state index in [0.717, 1.165) is 48.4 Å². The number of hydrogen-bond acceptors (Lipinski definition) is 4. The smallest absolute Gasteiger partial charge is 0.165 e. The number of phenolic OH excluding ortho intramolecular Hbond substituents is 2. The minimum Gasteiger partial charge on any atom is -0.504 e. The molecular weight excluding hydrogens is 417 g/mol. The number of benzene rings is 2. The van der Waals surface area contributed by atoms with Crippen molar-refractivity contribution in [2.45, 2.75) is 25.8 Å². The quantitative estimate of drug-likeness (QED) is 0.433. The van der Waals surface area contributed by atoms with Gasteiger partial charge in [-0.2, -0.15) is 0 Å². The number of halogens is 1. The summed E-state index contributed by atoms with van der Waals surface area (Å²) in [5, 5.41) is 20.5. The Balaban J connectivity index is 1.99. The molecule has 1 aliphatic carbocycles. The Morgan fingerprint density at radius 2 is 2.08 bits per heavy atom. The molecule has 4 nitrogen and oxygen atoms in total. The maximum atomic E-state index is 10.5. The number of aromatic hydroxyl groups is 2. The van der Waals surface area contributed by atoms with E-state index in [1.54, 1.807) is 6.07 Å². The maximum Gasteiger partial charge on any atom is 0.165 e. The van der Waals surface area contributed by atoms with Gasteiger partial charge in [0.25, 0.3) is 0 Å². The normalized spacial score (nSPS) is 18.8. The number of likely N-dealkylation sites (N-methyl/N-ethyl adjacent to an activating group) is 1. The molecule has 0 fully saturated rings. The Hall–Kier alpha value is -1.47. The number of hydrogen-bond donors (Lipinski definition) is 2. The van der Waals surface area contributed by atoms with Gasteiger partial charge in [-0.25, -0.2) is 0 Å². The van der Waals surface area contributed by atoms with Crippen LogP contribution in [0.15, 0.2) is 24.3 Å². The van der Waals surface area contributed by atoms with Crippen LogP contribution in [-0.4, -0.2) is 32.8 Å². The monoisotopic (exact) mass is 437 g/mol. The summed E-state index contributed by atoms with van der Waals surface area (Å²) in [5.74, 6) is 0.746. The zero-order valence-electron chi connectivity index (χ0n) is 13.6. The minimum absolute atomic E-state index is 0.0200. The standard InChI is InChI=1S/C19H20INO3/c1-2-21-6-5-12-7-13(24-10-20)9-14-17(12)15(21)8-11-3-4-16(22)19(23)18(11)14/h3-4,7,9,15,22-23H,2,5-6,8,10H2,1H3/t15-/m1/s1. The predicted molar refractivity (Wildman–Crippen MR) is 102 cm³/mol. The lowest BCUT2D eigenvalue weighted by Crippen LogP contribution is -2.38. The summed E-state index contributed by atoms with van der Waals surface area (Å²) in [7, 11) is 0. The van der Waals surface area contributed by atoms with E-state index in [2.05, 4.69) is 40.5 Å². The molecule has 0 unspecified atom stereocenters. The zero-order chi connectivity index (χ0) is 16.8. The van der Waals surface area contributed by atoms with E-state index in [-0.39, 0.29) is 11.5 Å². The van der Waals surface area contributed by atoms with Crippen LogP contribution in [0.4, 0.5) is 0 Å². The molecule has 0 saturated carbocycles. The molecule has 2 N–H and O–H groups in total. The Morgan fingerprint density at radius 3 is 2.83 bits per heavy atom. The molecule has 24 heavy (non-hydrogen) atoms. The van der Waals surface area contributed by atoms with Crippen molar-refractivity contribution in [3.63, 3.8) is 0 Å². The van der Waals surface area contributed by atoms with Gasteiger partial charge in [0.15, 0.2) is 11.5 Å². The van der Waals surface area contributed by atoms with Crippen molar-refractivity contribution in [1.82, 2.24) is 4.90 Å². The molecule has 0 bridgehead atoms. The molecular formula is C19H20INO3. The summed E-state index contributed by atoms with van der Waals surface area (Å²) in [5.41, 5.74) is 5.44. The van der Waals surface area contributed by atoms with Crippen LogP contribution in [-0.2, 0) is 12.8 Å². The summed E-state index contributed by atoms with van der Waals surface area (Å²) in [6.07, 6.45) is 1.85. The predicted octanol–water partition coefficient (Wildman–Crippen LogP) is 4.01. The maximum absolute atomic E-state index is 10.5. The van der Waals surface area contributed by atoms with Crippen molar-refractivity contribution in [3.05, 3.63) is 41.0 Å². The van der Waals surface area contributed by atoms with Gasteiger partial charge in [-0.3, -0.25) is 4.90 Å². The van der Waals surface area contributed by atoms with Crippen LogP contribution < -0.4 is 4.74 Å². The van der Waals surface area contributed by atoms with Crippen LogP contribution in [0, 0.1) is 0 Å². The Morgan fingerprint density at radius 1 is 1.25 bits per heavy atom. The molecule has 2 aromatic rings. The van der Waals surface area contributed by atoms with Gasteiger partial charge in [0, 0.05) is 18.2 Å². The molecule has 0 spiro atoms.